The molecule has 1 aromatic rings. The minimum Gasteiger partial charge on any atom is -0.494 e. The van der Waals surface area contributed by atoms with Crippen molar-refractivity contribution < 1.29 is 18.3 Å². The molecule has 0 bridgehead atoms. The summed E-state index contributed by atoms with van der Waals surface area (Å²) in [6, 6.07) is 3.13. The molecule has 0 saturated carbocycles. The van der Waals surface area contributed by atoms with Crippen molar-refractivity contribution >= 4 is 5.91 Å². The summed E-state index contributed by atoms with van der Waals surface area (Å²) in [5, 5.41) is 0. The molecule has 0 spiro atoms. The van der Waals surface area contributed by atoms with E-state index in [0.717, 1.165) is 25.9 Å². The van der Waals surface area contributed by atoms with Crippen LogP contribution in [0.3, 0.4) is 0 Å². The third kappa shape index (κ3) is 3.64. The average molecular weight is 352 g/mol. The van der Waals surface area contributed by atoms with Crippen LogP contribution in [0, 0.1) is 17.6 Å². The largest absolute Gasteiger partial charge is 0.494 e. The molecule has 2 aliphatic heterocycles. The van der Waals surface area contributed by atoms with Crippen molar-refractivity contribution in [3.63, 3.8) is 0 Å². The fraction of sp³-hybridized carbons (Fsp3) is 0.632. The third-order valence-electron chi connectivity index (χ3n) is 5.72. The second kappa shape index (κ2) is 7.68. The molecule has 2 aliphatic rings. The minimum atomic E-state index is -1.13. The van der Waals surface area contributed by atoms with Gasteiger partial charge in [0.1, 0.15) is 0 Å². The van der Waals surface area contributed by atoms with Crippen molar-refractivity contribution in [3.8, 4) is 5.75 Å². The molecule has 4 nitrogen and oxygen atoms in total. The fourth-order valence-corrected chi connectivity index (χ4v) is 4.06. The number of carbonyl (C=O) groups is 1. The third-order valence-corrected chi connectivity index (χ3v) is 5.72. The molecule has 1 atom stereocenters. The van der Waals surface area contributed by atoms with Gasteiger partial charge in [0.25, 0.3) is 5.91 Å². The van der Waals surface area contributed by atoms with Gasteiger partial charge in [-0.3, -0.25) is 4.79 Å². The first-order valence-corrected chi connectivity index (χ1v) is 9.08. The van der Waals surface area contributed by atoms with Crippen LogP contribution in [0.15, 0.2) is 12.1 Å². The van der Waals surface area contributed by atoms with Gasteiger partial charge < -0.3 is 14.5 Å². The van der Waals surface area contributed by atoms with E-state index in [1.165, 1.54) is 32.1 Å². The molecule has 2 heterocycles. The summed E-state index contributed by atoms with van der Waals surface area (Å²) in [7, 11) is 1.27. The summed E-state index contributed by atoms with van der Waals surface area (Å²) in [6.07, 6.45) is 4.35. The zero-order chi connectivity index (χ0) is 18.0. The number of methoxy groups -OCH3 is 1. The molecular formula is C19H26F2N2O2. The zero-order valence-corrected chi connectivity index (χ0v) is 14.9. The van der Waals surface area contributed by atoms with Gasteiger partial charge in [-0.2, -0.15) is 4.39 Å². The van der Waals surface area contributed by atoms with E-state index < -0.39 is 17.5 Å². The summed E-state index contributed by atoms with van der Waals surface area (Å²) in [4.78, 5) is 16.7. The van der Waals surface area contributed by atoms with Gasteiger partial charge in [0.05, 0.1) is 12.7 Å². The van der Waals surface area contributed by atoms with Crippen molar-refractivity contribution in [2.75, 3.05) is 33.3 Å². The SMILES string of the molecule is COc1ccc(C(=O)N2CCC([C@@H](C)N3CCCC3)CC2)c(F)c1F. The number of benzene rings is 1. The second-order valence-electron chi connectivity index (χ2n) is 7.06. The van der Waals surface area contributed by atoms with Crippen molar-refractivity contribution in [2.45, 2.75) is 38.6 Å². The van der Waals surface area contributed by atoms with Gasteiger partial charge in [-0.15, -0.1) is 0 Å². The topological polar surface area (TPSA) is 32.8 Å². The number of nitrogens with zero attached hydrogens (tertiary/aromatic N) is 2. The van der Waals surface area contributed by atoms with E-state index >= 15 is 0 Å². The van der Waals surface area contributed by atoms with Crippen LogP contribution in [0.2, 0.25) is 0 Å². The van der Waals surface area contributed by atoms with Gasteiger partial charge in [-0.05, 0) is 63.7 Å². The lowest BCUT2D eigenvalue weighted by atomic mass is 9.89. The molecule has 6 heteroatoms. The zero-order valence-electron chi connectivity index (χ0n) is 14.9. The van der Waals surface area contributed by atoms with Crippen LogP contribution in [-0.2, 0) is 0 Å². The maximum atomic E-state index is 14.2. The summed E-state index contributed by atoms with van der Waals surface area (Å²) < 4.78 is 32.8. The Balaban J connectivity index is 1.63. The Morgan fingerprint density at radius 3 is 2.36 bits per heavy atom. The van der Waals surface area contributed by atoms with E-state index in [1.807, 2.05) is 0 Å². The number of hydrogen-bond acceptors (Lipinski definition) is 3. The van der Waals surface area contributed by atoms with Crippen LogP contribution in [-0.4, -0.2) is 55.0 Å². The Hall–Kier alpha value is -1.69. The highest BCUT2D eigenvalue weighted by atomic mass is 19.2. The first-order valence-electron chi connectivity index (χ1n) is 9.08. The standard InChI is InChI=1S/C19H26F2N2O2/c1-13(22-9-3-4-10-22)14-7-11-23(12-8-14)19(24)15-5-6-16(25-2)18(21)17(15)20/h5-6,13-14H,3-4,7-12H2,1-2H3/t13-/m1/s1. The lowest BCUT2D eigenvalue weighted by Gasteiger charge is -2.38. The lowest BCUT2D eigenvalue weighted by Crippen LogP contribution is -2.45. The number of carbonyl (C=O) groups excluding carboxylic acids is 1. The van der Waals surface area contributed by atoms with Crippen molar-refractivity contribution in [1.82, 2.24) is 9.80 Å². The molecule has 1 aromatic carbocycles. The Morgan fingerprint density at radius 1 is 1.12 bits per heavy atom. The highest BCUT2D eigenvalue weighted by Gasteiger charge is 2.32. The molecule has 0 aromatic heterocycles. The van der Waals surface area contributed by atoms with Gasteiger partial charge >= 0.3 is 0 Å². The van der Waals surface area contributed by atoms with E-state index in [-0.39, 0.29) is 11.3 Å². The monoisotopic (exact) mass is 352 g/mol. The Kier molecular flexibility index (Phi) is 5.57. The molecule has 138 valence electrons. The molecule has 3 rings (SSSR count). The van der Waals surface area contributed by atoms with E-state index in [4.69, 9.17) is 4.74 Å². The number of likely N-dealkylation sites (tertiary alicyclic amines) is 2. The molecule has 0 aliphatic carbocycles. The minimum absolute atomic E-state index is 0.188. The summed E-state index contributed by atoms with van der Waals surface area (Å²) in [5.74, 6) is -2.30. The molecule has 2 saturated heterocycles. The van der Waals surface area contributed by atoms with Crippen LogP contribution in [0.5, 0.6) is 5.75 Å². The summed E-state index contributed by atoms with van der Waals surface area (Å²) in [5.41, 5.74) is -0.218. The van der Waals surface area contributed by atoms with Crippen LogP contribution in [0.4, 0.5) is 8.78 Å². The van der Waals surface area contributed by atoms with Crippen LogP contribution < -0.4 is 4.74 Å². The normalized spacial score (nSPS) is 20.7. The predicted molar refractivity (Wildman–Crippen MR) is 91.8 cm³/mol. The molecule has 1 amide bonds. The number of amides is 1. The van der Waals surface area contributed by atoms with E-state index in [0.29, 0.717) is 25.0 Å². The Labute approximate surface area is 147 Å². The maximum Gasteiger partial charge on any atom is 0.256 e. The number of rotatable bonds is 4. The van der Waals surface area contributed by atoms with Crippen LogP contribution >= 0.6 is 0 Å². The number of ether oxygens (including phenoxy) is 1. The van der Waals surface area contributed by atoms with Gasteiger partial charge in [0, 0.05) is 19.1 Å². The van der Waals surface area contributed by atoms with Crippen LogP contribution in [0.1, 0.15) is 43.0 Å². The van der Waals surface area contributed by atoms with E-state index in [9.17, 15) is 13.6 Å². The smallest absolute Gasteiger partial charge is 0.256 e. The maximum absolute atomic E-state index is 14.2. The van der Waals surface area contributed by atoms with E-state index in [2.05, 4.69) is 11.8 Å². The van der Waals surface area contributed by atoms with Crippen LogP contribution in [0.25, 0.3) is 0 Å². The fourth-order valence-electron chi connectivity index (χ4n) is 4.06. The molecule has 2 fully saturated rings. The molecule has 0 radical (unpaired) electrons. The van der Waals surface area contributed by atoms with Gasteiger partial charge in [0.2, 0.25) is 5.82 Å². The quantitative estimate of drug-likeness (QED) is 0.833. The van der Waals surface area contributed by atoms with Crippen molar-refractivity contribution in [2.24, 2.45) is 5.92 Å². The first kappa shape index (κ1) is 18.1. The predicted octanol–water partition coefficient (Wildman–Crippen LogP) is 3.31. The number of halogens is 2. The van der Waals surface area contributed by atoms with Gasteiger partial charge in [-0.1, -0.05) is 0 Å². The Bertz CT molecular complexity index is 624. The molecule has 0 N–H and O–H groups in total. The highest BCUT2D eigenvalue weighted by Crippen LogP contribution is 2.28. The summed E-state index contributed by atoms with van der Waals surface area (Å²) in [6.45, 7) is 5.78. The van der Waals surface area contributed by atoms with E-state index in [1.54, 1.807) is 4.90 Å². The molecule has 25 heavy (non-hydrogen) atoms. The Morgan fingerprint density at radius 2 is 1.76 bits per heavy atom. The molecular weight excluding hydrogens is 326 g/mol. The lowest BCUT2D eigenvalue weighted by molar-refractivity contribution is 0.0618. The average Bonchev–Trinajstić information content (AvgIpc) is 3.17. The number of hydrogen-bond donors (Lipinski definition) is 0. The van der Waals surface area contributed by atoms with Crippen molar-refractivity contribution in [1.29, 1.82) is 0 Å². The number of piperidine rings is 1. The molecule has 0 unspecified atom stereocenters. The van der Waals surface area contributed by atoms with Gasteiger partial charge in [-0.25, -0.2) is 4.39 Å². The highest BCUT2D eigenvalue weighted by molar-refractivity contribution is 5.94. The van der Waals surface area contributed by atoms with Gasteiger partial charge in [0.15, 0.2) is 11.6 Å². The summed E-state index contributed by atoms with van der Waals surface area (Å²) >= 11 is 0. The second-order valence-corrected chi connectivity index (χ2v) is 7.06. The van der Waals surface area contributed by atoms with Crippen molar-refractivity contribution in [3.05, 3.63) is 29.3 Å². The first-order chi connectivity index (χ1) is 12.0.